The first-order chi connectivity index (χ1) is 8.09. The first-order valence-electron chi connectivity index (χ1n) is 5.96. The summed E-state index contributed by atoms with van der Waals surface area (Å²) in [5, 5.41) is 4.53. The molecule has 0 fully saturated rings. The molecule has 1 heterocycles. The van der Waals surface area contributed by atoms with E-state index >= 15 is 0 Å². The van der Waals surface area contributed by atoms with Crippen molar-refractivity contribution in [2.45, 2.75) is 20.3 Å². The molecule has 0 spiro atoms. The number of rotatable bonds is 3. The van der Waals surface area contributed by atoms with Crippen molar-refractivity contribution in [2.75, 3.05) is 5.73 Å². The van der Waals surface area contributed by atoms with Crippen LogP contribution in [0.3, 0.4) is 0 Å². The normalized spacial score (nSPS) is 11.1. The monoisotopic (exact) mass is 229 g/mol. The minimum atomic E-state index is 0.573. The van der Waals surface area contributed by atoms with Gasteiger partial charge in [0, 0.05) is 18.2 Å². The molecule has 90 valence electrons. The number of nitrogen functional groups attached to an aromatic ring is 1. The van der Waals surface area contributed by atoms with Crippen LogP contribution in [0.1, 0.15) is 19.4 Å². The zero-order valence-corrected chi connectivity index (χ0v) is 10.6. The minimum absolute atomic E-state index is 0.573. The predicted octanol–water partition coefficient (Wildman–Crippen LogP) is 2.87. The molecule has 1 aromatic heterocycles. The van der Waals surface area contributed by atoms with Crippen LogP contribution in [0.4, 0.5) is 5.82 Å². The second kappa shape index (κ2) is 4.62. The van der Waals surface area contributed by atoms with Gasteiger partial charge in [-0.2, -0.15) is 5.10 Å². The predicted molar refractivity (Wildman–Crippen MR) is 71.6 cm³/mol. The molecule has 0 saturated carbocycles. The molecular formula is C14H19N3. The smallest absolute Gasteiger partial charge is 0.125 e. The molecule has 3 heteroatoms. The fourth-order valence-electron chi connectivity index (χ4n) is 2.02. The van der Waals surface area contributed by atoms with Gasteiger partial charge in [-0.1, -0.05) is 44.2 Å². The van der Waals surface area contributed by atoms with Crippen LogP contribution >= 0.6 is 0 Å². The van der Waals surface area contributed by atoms with Crippen molar-refractivity contribution in [3.05, 3.63) is 35.9 Å². The van der Waals surface area contributed by atoms with E-state index in [-0.39, 0.29) is 0 Å². The van der Waals surface area contributed by atoms with Gasteiger partial charge in [-0.25, -0.2) is 0 Å². The van der Waals surface area contributed by atoms with E-state index in [2.05, 4.69) is 31.1 Å². The van der Waals surface area contributed by atoms with E-state index in [1.165, 1.54) is 0 Å². The lowest BCUT2D eigenvalue weighted by molar-refractivity contribution is 0.648. The summed E-state index contributed by atoms with van der Waals surface area (Å²) >= 11 is 0. The lowest BCUT2D eigenvalue weighted by Gasteiger charge is -2.06. The first-order valence-corrected chi connectivity index (χ1v) is 5.96. The van der Waals surface area contributed by atoms with E-state index in [9.17, 15) is 0 Å². The van der Waals surface area contributed by atoms with E-state index in [4.69, 9.17) is 5.73 Å². The Morgan fingerprint density at radius 3 is 2.47 bits per heavy atom. The summed E-state index contributed by atoms with van der Waals surface area (Å²) in [4.78, 5) is 0. The van der Waals surface area contributed by atoms with Crippen LogP contribution in [0, 0.1) is 5.92 Å². The maximum atomic E-state index is 6.09. The first kappa shape index (κ1) is 11.7. The van der Waals surface area contributed by atoms with Gasteiger partial charge in [-0.05, 0) is 12.3 Å². The number of aromatic nitrogens is 2. The number of nitrogens with zero attached hydrogens (tertiary/aromatic N) is 2. The zero-order chi connectivity index (χ0) is 12.4. The molecule has 0 aliphatic carbocycles. The zero-order valence-electron chi connectivity index (χ0n) is 10.6. The van der Waals surface area contributed by atoms with Crippen molar-refractivity contribution >= 4 is 5.82 Å². The third-order valence-electron chi connectivity index (χ3n) is 2.85. The lowest BCUT2D eigenvalue weighted by Crippen LogP contribution is -2.02. The summed E-state index contributed by atoms with van der Waals surface area (Å²) in [7, 11) is 1.89. The molecule has 2 aromatic rings. The highest BCUT2D eigenvalue weighted by molar-refractivity contribution is 5.68. The van der Waals surface area contributed by atoms with Gasteiger partial charge in [0.2, 0.25) is 0 Å². The minimum Gasteiger partial charge on any atom is -0.384 e. The Balaban J connectivity index is 2.50. The molecule has 2 N–H and O–H groups in total. The van der Waals surface area contributed by atoms with Gasteiger partial charge in [0.1, 0.15) is 5.82 Å². The summed E-state index contributed by atoms with van der Waals surface area (Å²) in [6, 6.07) is 10.2. The number of aryl methyl sites for hydroxylation is 1. The van der Waals surface area contributed by atoms with Gasteiger partial charge in [0.15, 0.2) is 0 Å². The molecule has 0 aliphatic heterocycles. The molecular weight excluding hydrogens is 210 g/mol. The van der Waals surface area contributed by atoms with Crippen LogP contribution in [0.25, 0.3) is 11.3 Å². The highest BCUT2D eigenvalue weighted by Crippen LogP contribution is 2.28. The maximum Gasteiger partial charge on any atom is 0.125 e. The molecule has 0 aliphatic rings. The van der Waals surface area contributed by atoms with Crippen LogP contribution in [0.5, 0.6) is 0 Å². The summed E-state index contributed by atoms with van der Waals surface area (Å²) in [5.41, 5.74) is 9.40. The topological polar surface area (TPSA) is 43.8 Å². The van der Waals surface area contributed by atoms with Crippen molar-refractivity contribution in [2.24, 2.45) is 13.0 Å². The van der Waals surface area contributed by atoms with Crippen molar-refractivity contribution in [3.8, 4) is 11.3 Å². The molecule has 0 unspecified atom stereocenters. The Morgan fingerprint density at radius 2 is 1.88 bits per heavy atom. The van der Waals surface area contributed by atoms with Crippen molar-refractivity contribution < 1.29 is 0 Å². The summed E-state index contributed by atoms with van der Waals surface area (Å²) in [6.45, 7) is 4.39. The Bertz CT molecular complexity index is 498. The van der Waals surface area contributed by atoms with Crippen LogP contribution in [0.2, 0.25) is 0 Å². The molecule has 2 rings (SSSR count). The van der Waals surface area contributed by atoms with E-state index in [1.807, 2.05) is 25.2 Å². The Hall–Kier alpha value is -1.77. The highest BCUT2D eigenvalue weighted by atomic mass is 15.3. The van der Waals surface area contributed by atoms with Gasteiger partial charge in [0.05, 0.1) is 5.69 Å². The molecule has 17 heavy (non-hydrogen) atoms. The van der Waals surface area contributed by atoms with Crippen LogP contribution in [0.15, 0.2) is 30.3 Å². The lowest BCUT2D eigenvalue weighted by atomic mass is 9.99. The number of anilines is 1. The molecule has 0 atom stereocenters. The van der Waals surface area contributed by atoms with E-state index < -0.39 is 0 Å². The van der Waals surface area contributed by atoms with Crippen molar-refractivity contribution in [3.63, 3.8) is 0 Å². The van der Waals surface area contributed by atoms with Gasteiger partial charge < -0.3 is 5.73 Å². The van der Waals surface area contributed by atoms with Gasteiger partial charge in [0.25, 0.3) is 0 Å². The number of hydrogen-bond acceptors (Lipinski definition) is 2. The molecule has 0 amide bonds. The third kappa shape index (κ3) is 2.33. The standard InChI is InChI=1S/C14H19N3/c1-10(2)9-12-13(16-17(3)14(12)15)11-7-5-4-6-8-11/h4-8,10H,9,15H2,1-3H3. The fraction of sp³-hybridized carbons (Fsp3) is 0.357. The van der Waals surface area contributed by atoms with Crippen molar-refractivity contribution in [1.82, 2.24) is 9.78 Å². The van der Waals surface area contributed by atoms with Gasteiger partial charge >= 0.3 is 0 Å². The maximum absolute atomic E-state index is 6.09. The second-order valence-corrected chi connectivity index (χ2v) is 4.80. The second-order valence-electron chi connectivity index (χ2n) is 4.80. The van der Waals surface area contributed by atoms with Gasteiger partial charge in [-0.3, -0.25) is 4.68 Å². The van der Waals surface area contributed by atoms with Crippen molar-refractivity contribution in [1.29, 1.82) is 0 Å². The largest absolute Gasteiger partial charge is 0.384 e. The Morgan fingerprint density at radius 1 is 1.24 bits per heavy atom. The van der Waals surface area contributed by atoms with E-state index in [0.29, 0.717) is 5.92 Å². The average molecular weight is 229 g/mol. The number of nitrogens with two attached hydrogens (primary N) is 1. The highest BCUT2D eigenvalue weighted by Gasteiger charge is 2.15. The van der Waals surface area contributed by atoms with Crippen LogP contribution in [-0.4, -0.2) is 9.78 Å². The summed E-state index contributed by atoms with van der Waals surface area (Å²) < 4.78 is 1.76. The SMILES string of the molecule is CC(C)Cc1c(-c2ccccc2)nn(C)c1N. The summed E-state index contributed by atoms with van der Waals surface area (Å²) in [5.74, 6) is 1.35. The van der Waals surface area contributed by atoms with E-state index in [1.54, 1.807) is 4.68 Å². The third-order valence-corrected chi connectivity index (χ3v) is 2.85. The molecule has 1 aromatic carbocycles. The van der Waals surface area contributed by atoms with Gasteiger partial charge in [-0.15, -0.1) is 0 Å². The Kier molecular flexibility index (Phi) is 3.18. The molecule has 0 radical (unpaired) electrons. The average Bonchev–Trinajstić information content (AvgIpc) is 2.58. The number of benzene rings is 1. The quantitative estimate of drug-likeness (QED) is 0.879. The molecule has 0 bridgehead atoms. The van der Waals surface area contributed by atoms with E-state index in [0.717, 1.165) is 29.1 Å². The fourth-order valence-corrected chi connectivity index (χ4v) is 2.02. The summed E-state index contributed by atoms with van der Waals surface area (Å²) in [6.07, 6.45) is 0.962. The Labute approximate surface area is 102 Å². The van der Waals surface area contributed by atoms with Crippen LogP contribution in [-0.2, 0) is 13.5 Å². The molecule has 0 saturated heterocycles. The number of hydrogen-bond donors (Lipinski definition) is 1. The molecule has 3 nitrogen and oxygen atoms in total. The van der Waals surface area contributed by atoms with Crippen LogP contribution < -0.4 is 5.73 Å².